The average molecular weight is 832 g/mol. The summed E-state index contributed by atoms with van der Waals surface area (Å²) in [6, 6.07) is 5.61. The summed E-state index contributed by atoms with van der Waals surface area (Å²) in [5.74, 6) is -1.37. The van der Waals surface area contributed by atoms with E-state index in [2.05, 4.69) is 34.1 Å². The fraction of sp³-hybridized carbons (Fsp3) is 0.614. The van der Waals surface area contributed by atoms with Crippen molar-refractivity contribution in [2.45, 2.75) is 138 Å². The van der Waals surface area contributed by atoms with Crippen LogP contribution in [0.15, 0.2) is 49.1 Å². The molecule has 15 heteroatoms. The highest BCUT2D eigenvalue weighted by Crippen LogP contribution is 2.42. The van der Waals surface area contributed by atoms with Crippen LogP contribution in [0, 0.1) is 17.8 Å². The van der Waals surface area contributed by atoms with Gasteiger partial charge in [-0.2, -0.15) is 0 Å². The monoisotopic (exact) mass is 831 g/mol. The van der Waals surface area contributed by atoms with Crippen LogP contribution in [0.4, 0.5) is 4.79 Å². The molecule has 1 aromatic heterocycles. The number of nitrogens with zero attached hydrogens (tertiary/aromatic N) is 2. The first-order valence-corrected chi connectivity index (χ1v) is 23.2. The van der Waals surface area contributed by atoms with Gasteiger partial charge in [0.25, 0.3) is 5.91 Å². The molecule has 2 bridgehead atoms. The van der Waals surface area contributed by atoms with Gasteiger partial charge in [0.2, 0.25) is 27.7 Å². The van der Waals surface area contributed by atoms with Crippen molar-refractivity contribution in [1.29, 1.82) is 0 Å². The Kier molecular flexibility index (Phi) is 11.9. The second-order valence-corrected chi connectivity index (χ2v) is 19.2. The van der Waals surface area contributed by atoms with Crippen molar-refractivity contribution in [3.05, 3.63) is 54.6 Å². The zero-order chi connectivity index (χ0) is 41.3. The summed E-state index contributed by atoms with van der Waals surface area (Å²) in [5, 5.41) is 6.10. The van der Waals surface area contributed by atoms with Gasteiger partial charge in [-0.25, -0.2) is 18.2 Å². The normalized spacial score (nSPS) is 31.0. The Morgan fingerprint density at radius 3 is 2.53 bits per heavy atom. The molecule has 59 heavy (non-hydrogen) atoms. The van der Waals surface area contributed by atoms with Gasteiger partial charge in [0.1, 0.15) is 35.6 Å². The Bertz CT molecular complexity index is 2100. The van der Waals surface area contributed by atoms with Gasteiger partial charge in [0, 0.05) is 17.7 Å². The number of benzene rings is 1. The van der Waals surface area contributed by atoms with E-state index in [1.54, 1.807) is 6.08 Å². The molecule has 2 aromatic rings. The second kappa shape index (κ2) is 17.1. The predicted molar refractivity (Wildman–Crippen MR) is 220 cm³/mol. The van der Waals surface area contributed by atoms with Crippen LogP contribution in [-0.2, 0) is 35.6 Å². The summed E-state index contributed by atoms with van der Waals surface area (Å²) in [6.07, 6.45) is 13.9. The third-order valence-corrected chi connectivity index (χ3v) is 15.3. The average Bonchev–Trinajstić information content (AvgIpc) is 3.54. The number of hydrogen-bond donors (Lipinski definition) is 3. The van der Waals surface area contributed by atoms with Crippen LogP contribution in [0.2, 0.25) is 0 Å². The Labute approximate surface area is 346 Å². The van der Waals surface area contributed by atoms with E-state index >= 15 is 4.79 Å². The zero-order valence-electron chi connectivity index (χ0n) is 33.9. The molecule has 8 rings (SSSR count). The summed E-state index contributed by atoms with van der Waals surface area (Å²) in [6.45, 7) is 6.22. The molecule has 14 nitrogen and oxygen atoms in total. The highest BCUT2D eigenvalue weighted by molar-refractivity contribution is 7.91. The van der Waals surface area contributed by atoms with E-state index in [1.807, 2.05) is 31.2 Å². The first-order chi connectivity index (χ1) is 28.5. The van der Waals surface area contributed by atoms with E-state index in [-0.39, 0.29) is 37.3 Å². The molecule has 1 saturated heterocycles. The lowest BCUT2D eigenvalue weighted by atomic mass is 9.66. The lowest BCUT2D eigenvalue weighted by Gasteiger charge is -2.47. The molecular formula is C44H57N5O9S. The number of allylic oxidation sites excluding steroid dienone is 2. The van der Waals surface area contributed by atoms with Crippen molar-refractivity contribution in [3.63, 3.8) is 0 Å². The molecule has 4 aliphatic carbocycles. The van der Waals surface area contributed by atoms with E-state index in [0.29, 0.717) is 49.4 Å². The van der Waals surface area contributed by atoms with E-state index in [0.717, 1.165) is 68.7 Å². The maximum Gasteiger partial charge on any atom is 0.408 e. The summed E-state index contributed by atoms with van der Waals surface area (Å²) >= 11 is 0. The first-order valence-electron chi connectivity index (χ1n) is 21.7. The van der Waals surface area contributed by atoms with Crippen molar-refractivity contribution in [1.82, 2.24) is 25.2 Å². The van der Waals surface area contributed by atoms with Crippen molar-refractivity contribution >= 4 is 44.7 Å². The van der Waals surface area contributed by atoms with Crippen LogP contribution in [0.3, 0.4) is 0 Å². The molecule has 0 unspecified atom stereocenters. The molecule has 0 spiro atoms. The number of para-hydroxylation sites is 1. The minimum atomic E-state index is -3.92. The minimum absolute atomic E-state index is 0.00450. The van der Waals surface area contributed by atoms with Gasteiger partial charge in [0.05, 0.1) is 29.5 Å². The fourth-order valence-corrected chi connectivity index (χ4v) is 11.3. The Balaban J connectivity index is 1.17. The summed E-state index contributed by atoms with van der Waals surface area (Å²) in [5.41, 5.74) is -0.147. The third kappa shape index (κ3) is 8.40. The third-order valence-electron chi connectivity index (χ3n) is 13.5. The number of ether oxygens (including phenoxy) is 3. The van der Waals surface area contributed by atoms with Crippen molar-refractivity contribution in [2.24, 2.45) is 17.8 Å². The predicted octanol–water partition coefficient (Wildman–Crippen LogP) is 5.39. The van der Waals surface area contributed by atoms with Crippen LogP contribution < -0.4 is 24.8 Å². The van der Waals surface area contributed by atoms with Crippen molar-refractivity contribution < 1.29 is 41.8 Å². The van der Waals surface area contributed by atoms with E-state index in [4.69, 9.17) is 19.2 Å². The molecule has 6 aliphatic rings. The number of alkyl carbamates (subject to hydrolysis) is 1. The lowest BCUT2D eigenvalue weighted by Crippen LogP contribution is -2.70. The highest BCUT2D eigenvalue weighted by atomic mass is 32.2. The Morgan fingerprint density at radius 1 is 1.02 bits per heavy atom. The van der Waals surface area contributed by atoms with Crippen LogP contribution in [0.25, 0.3) is 10.9 Å². The Morgan fingerprint density at radius 2 is 1.80 bits per heavy atom. The SMILES string of the molecule is C=C[C@@H]1CC[C@]1(NC(=O)[C@@H]1C[C@@H]2CN1C(=O)[C@H](C1CCCC1)NC(=O)O[C@@H]1CCC[C@H]1CC/C=C/Cc1c(nc3ccccc3c1OCC)O2)C(=O)NS(=O)(=O)C1CC1. The molecule has 3 heterocycles. The number of sulfonamides is 1. The zero-order valence-corrected chi connectivity index (χ0v) is 34.7. The van der Waals surface area contributed by atoms with Crippen molar-refractivity contribution in [3.8, 4) is 11.6 Å². The Hall–Kier alpha value is -4.66. The van der Waals surface area contributed by atoms with Gasteiger partial charge >= 0.3 is 6.09 Å². The highest BCUT2D eigenvalue weighted by Gasteiger charge is 2.56. The summed E-state index contributed by atoms with van der Waals surface area (Å²) in [7, 11) is -3.92. The number of hydrogen-bond acceptors (Lipinski definition) is 10. The smallest absolute Gasteiger partial charge is 0.408 e. The van der Waals surface area contributed by atoms with Gasteiger partial charge in [-0.15, -0.1) is 6.58 Å². The van der Waals surface area contributed by atoms with Gasteiger partial charge in [-0.05, 0) is 108 Å². The second-order valence-electron chi connectivity index (χ2n) is 17.2. The van der Waals surface area contributed by atoms with Gasteiger partial charge in [-0.1, -0.05) is 43.2 Å². The van der Waals surface area contributed by atoms with Gasteiger partial charge in [-0.3, -0.25) is 19.1 Å². The largest absolute Gasteiger partial charge is 0.493 e. The molecule has 0 radical (unpaired) electrons. The van der Waals surface area contributed by atoms with Gasteiger partial charge in [0.15, 0.2) is 0 Å². The maximum atomic E-state index is 15.0. The minimum Gasteiger partial charge on any atom is -0.493 e. The van der Waals surface area contributed by atoms with E-state index in [1.165, 1.54) is 4.90 Å². The van der Waals surface area contributed by atoms with Crippen LogP contribution in [-0.4, -0.2) is 90.3 Å². The molecule has 3 N–H and O–H groups in total. The molecule has 5 fully saturated rings. The number of rotatable bonds is 9. The van der Waals surface area contributed by atoms with Gasteiger partial charge < -0.3 is 29.7 Å². The molecule has 4 amide bonds. The number of fused-ring (bicyclic) bond motifs is 5. The van der Waals surface area contributed by atoms with E-state index < -0.39 is 68.7 Å². The molecule has 318 valence electrons. The number of amides is 4. The molecular weight excluding hydrogens is 775 g/mol. The molecule has 1 aromatic carbocycles. The summed E-state index contributed by atoms with van der Waals surface area (Å²) < 4.78 is 47.2. The van der Waals surface area contributed by atoms with Crippen LogP contribution in [0.5, 0.6) is 11.6 Å². The van der Waals surface area contributed by atoms with Crippen LogP contribution >= 0.6 is 0 Å². The molecule has 2 aliphatic heterocycles. The summed E-state index contributed by atoms with van der Waals surface area (Å²) in [4.78, 5) is 63.7. The number of carbonyl (C=O) groups is 4. The van der Waals surface area contributed by atoms with E-state index in [9.17, 15) is 22.8 Å². The molecule has 7 atom stereocenters. The number of carbonyl (C=O) groups excluding carboxylic acids is 4. The quantitative estimate of drug-likeness (QED) is 0.277. The lowest BCUT2D eigenvalue weighted by molar-refractivity contribution is -0.145. The van der Waals surface area contributed by atoms with Crippen LogP contribution in [0.1, 0.15) is 102 Å². The number of nitrogens with one attached hydrogen (secondary N) is 3. The number of pyridine rings is 1. The standard InChI is InChI=1S/C44H57N5O9S/c1-3-29-23-24-44(29,42(52)48-59(54,55)31-21-22-31)47-39(50)35-25-30-26-49(35)41(51)37(28-14-8-9-15-28)46-43(53)58-36-20-12-16-27(36)13-6-5-7-18-33-38(56-4-2)32-17-10-11-19-34(32)45-40(33)57-30/h3,5,7,10-11,17,19,27-31,35-37H,1,4,6,8-9,12-16,18,20-26H2,2H3,(H,46,53)(H,47,50)(H,48,52)/b7-5+/t27-,29-,30-,35+,36-,37+,44-/m1/s1. The first kappa shape index (κ1) is 41.1. The van der Waals surface area contributed by atoms with Crippen molar-refractivity contribution in [2.75, 3.05) is 13.2 Å². The fourth-order valence-electron chi connectivity index (χ4n) is 9.98. The number of aromatic nitrogens is 1. The molecule has 4 saturated carbocycles. The topological polar surface area (TPSA) is 182 Å². The maximum absolute atomic E-state index is 15.0.